The second kappa shape index (κ2) is 13.4. The number of pyridine rings is 1. The number of benzene rings is 1. The number of hydrogen-bond donors (Lipinski definition) is 5. The fourth-order valence-corrected chi connectivity index (χ4v) is 3.83. The van der Waals surface area contributed by atoms with E-state index in [4.69, 9.17) is 22.6 Å². The minimum absolute atomic E-state index is 0.0945. The Bertz CT molecular complexity index is 1020. The lowest BCUT2D eigenvalue weighted by Crippen LogP contribution is -2.35. The number of nitrogens with zero attached hydrogens (tertiary/aromatic N) is 2. The quantitative estimate of drug-likeness (QED) is 0.220. The number of likely N-dealkylation sites (tertiary alicyclic amines) is 1. The van der Waals surface area contributed by atoms with Crippen molar-refractivity contribution in [1.29, 1.82) is 5.41 Å². The Morgan fingerprint density at radius 3 is 2.65 bits per heavy atom. The van der Waals surface area contributed by atoms with Crippen LogP contribution in [-0.4, -0.2) is 42.3 Å². The summed E-state index contributed by atoms with van der Waals surface area (Å²) >= 11 is 0. The largest absolute Gasteiger partial charge is 0.398 e. The molecule has 0 amide bonds. The summed E-state index contributed by atoms with van der Waals surface area (Å²) in [6.07, 6.45) is 6.48. The first-order chi connectivity index (χ1) is 16.4. The molecule has 2 atom stereocenters. The summed E-state index contributed by atoms with van der Waals surface area (Å²) in [4.78, 5) is 6.45. The number of halogens is 1. The smallest absolute Gasteiger partial charge is 0.217 e. The second-order valence-electron chi connectivity index (χ2n) is 8.07. The minimum atomic E-state index is -0.565. The zero-order chi connectivity index (χ0) is 25.1. The number of rotatable bonds is 9. The predicted molar refractivity (Wildman–Crippen MR) is 138 cm³/mol. The first-order valence-electron chi connectivity index (χ1n) is 11.2. The molecule has 34 heavy (non-hydrogen) atoms. The highest BCUT2D eigenvalue weighted by Crippen LogP contribution is 2.28. The third-order valence-corrected chi connectivity index (χ3v) is 5.70. The highest BCUT2D eigenvalue weighted by atomic mass is 19.1. The fraction of sp³-hybridized carbons (Fsp3) is 0.308. The average Bonchev–Trinajstić information content (AvgIpc) is 3.28. The molecule has 2 unspecified atom stereocenters. The van der Waals surface area contributed by atoms with E-state index in [-0.39, 0.29) is 12.6 Å². The van der Waals surface area contributed by atoms with Gasteiger partial charge in [-0.1, -0.05) is 36.9 Å². The summed E-state index contributed by atoms with van der Waals surface area (Å²) in [6.45, 7) is 9.32. The van der Waals surface area contributed by atoms with Crippen LogP contribution in [-0.2, 0) is 6.54 Å². The number of hydrogen-bond acceptors (Lipinski definition) is 7. The van der Waals surface area contributed by atoms with E-state index in [9.17, 15) is 4.39 Å². The van der Waals surface area contributed by atoms with E-state index in [2.05, 4.69) is 35.4 Å². The molecule has 0 spiro atoms. The van der Waals surface area contributed by atoms with E-state index < -0.39 is 12.0 Å². The first kappa shape index (κ1) is 26.9. The summed E-state index contributed by atoms with van der Waals surface area (Å²) in [6, 6.07) is 10.9. The second-order valence-corrected chi connectivity index (χ2v) is 8.07. The molecule has 1 aliphatic heterocycles. The Kier molecular flexibility index (Phi) is 10.6. The van der Waals surface area contributed by atoms with Gasteiger partial charge < -0.3 is 27.9 Å². The maximum absolute atomic E-state index is 14.4. The fourth-order valence-electron chi connectivity index (χ4n) is 3.83. The molecular formula is C26H36FN7. The van der Waals surface area contributed by atoms with Crippen molar-refractivity contribution in [1.82, 2.24) is 15.2 Å². The van der Waals surface area contributed by atoms with Crippen molar-refractivity contribution in [2.75, 3.05) is 20.1 Å². The Morgan fingerprint density at radius 2 is 2.09 bits per heavy atom. The maximum atomic E-state index is 14.4. The molecule has 0 bridgehead atoms. The molecule has 7 nitrogen and oxygen atoms in total. The van der Waals surface area contributed by atoms with Gasteiger partial charge in [0.2, 0.25) is 5.95 Å². The third-order valence-electron chi connectivity index (χ3n) is 5.70. The zero-order valence-electron chi connectivity index (χ0n) is 19.8. The molecule has 0 saturated carbocycles. The van der Waals surface area contributed by atoms with Gasteiger partial charge in [-0.3, -0.25) is 4.90 Å². The molecule has 2 heterocycles. The van der Waals surface area contributed by atoms with Gasteiger partial charge in [0.25, 0.3) is 0 Å². The van der Waals surface area contributed by atoms with Crippen LogP contribution in [0.1, 0.15) is 41.3 Å². The van der Waals surface area contributed by atoms with Crippen LogP contribution in [0.25, 0.3) is 5.70 Å². The van der Waals surface area contributed by atoms with E-state index in [1.165, 1.54) is 6.08 Å². The molecule has 0 aliphatic carbocycles. The van der Waals surface area contributed by atoms with E-state index in [1.807, 2.05) is 24.3 Å². The Labute approximate surface area is 201 Å². The highest BCUT2D eigenvalue weighted by molar-refractivity contribution is 5.81. The monoisotopic (exact) mass is 465 g/mol. The SMILES string of the molecule is C=C(NC(c1cccc(/C(N)=C/C=N)c1)c1ccc(CN)c(F)n1)C1CCCN1C.C=CCN. The van der Waals surface area contributed by atoms with E-state index in [0.717, 1.165) is 42.4 Å². The molecule has 1 fully saturated rings. The van der Waals surface area contributed by atoms with Gasteiger partial charge in [-0.15, -0.1) is 6.58 Å². The number of likely N-dealkylation sites (N-methyl/N-ethyl adjacent to an activating group) is 1. The number of nitrogens with one attached hydrogen (secondary N) is 2. The number of allylic oxidation sites excluding steroid dienone is 1. The van der Waals surface area contributed by atoms with Crippen molar-refractivity contribution < 1.29 is 4.39 Å². The Morgan fingerprint density at radius 1 is 1.35 bits per heavy atom. The normalized spacial score (nSPS) is 16.8. The summed E-state index contributed by atoms with van der Waals surface area (Å²) < 4.78 is 14.4. The van der Waals surface area contributed by atoms with Crippen molar-refractivity contribution in [3.8, 4) is 0 Å². The number of nitrogens with two attached hydrogens (primary N) is 3. The Balaban J connectivity index is 0.000000945. The predicted octanol–water partition coefficient (Wildman–Crippen LogP) is 3.05. The van der Waals surface area contributed by atoms with Crippen molar-refractivity contribution in [2.45, 2.75) is 31.5 Å². The van der Waals surface area contributed by atoms with Gasteiger partial charge in [0.15, 0.2) is 0 Å². The summed E-state index contributed by atoms with van der Waals surface area (Å²) in [5.74, 6) is -0.565. The Hall–Kier alpha value is -3.33. The maximum Gasteiger partial charge on any atom is 0.217 e. The minimum Gasteiger partial charge on any atom is -0.398 e. The van der Waals surface area contributed by atoms with Crippen LogP contribution in [0, 0.1) is 11.4 Å². The van der Waals surface area contributed by atoms with E-state index in [0.29, 0.717) is 23.5 Å². The van der Waals surface area contributed by atoms with E-state index in [1.54, 1.807) is 18.2 Å². The summed E-state index contributed by atoms with van der Waals surface area (Å²) in [5.41, 5.74) is 20.5. The van der Waals surface area contributed by atoms with Crippen LogP contribution in [0.15, 0.2) is 67.4 Å². The zero-order valence-corrected chi connectivity index (χ0v) is 19.8. The average molecular weight is 466 g/mol. The molecule has 2 aromatic rings. The van der Waals surface area contributed by atoms with E-state index >= 15 is 0 Å². The lowest BCUT2D eigenvalue weighted by molar-refractivity contribution is 0.330. The van der Waals surface area contributed by atoms with Crippen LogP contribution < -0.4 is 22.5 Å². The van der Waals surface area contributed by atoms with Crippen LogP contribution >= 0.6 is 0 Å². The van der Waals surface area contributed by atoms with Crippen LogP contribution in [0.2, 0.25) is 0 Å². The van der Waals surface area contributed by atoms with Crippen molar-refractivity contribution in [2.24, 2.45) is 17.2 Å². The standard InChI is InChI=1S/C23H29FN6.C3H7N/c1-15(21-7-4-12-30(21)2)28-22(20-9-8-18(14-26)23(24)29-20)17-6-3-5-16(13-17)19(27)10-11-25;1-2-3-4/h3,5-6,8-11,13,21-22,25,28H,1,4,7,12,14,26-27H2,2H3;2H,1,3-4H2/b19-10-,25-11?;. The van der Waals surface area contributed by atoms with Gasteiger partial charge in [-0.2, -0.15) is 4.39 Å². The van der Waals surface area contributed by atoms with Crippen LogP contribution in [0.4, 0.5) is 4.39 Å². The first-order valence-corrected chi connectivity index (χ1v) is 11.2. The van der Waals surface area contributed by atoms with Crippen LogP contribution in [0.3, 0.4) is 0 Å². The summed E-state index contributed by atoms with van der Waals surface area (Å²) in [5, 5.41) is 10.7. The molecular weight excluding hydrogens is 429 g/mol. The van der Waals surface area contributed by atoms with Crippen molar-refractivity contribution in [3.63, 3.8) is 0 Å². The highest BCUT2D eigenvalue weighted by Gasteiger charge is 2.26. The molecule has 0 radical (unpaired) electrons. The molecule has 1 aromatic heterocycles. The van der Waals surface area contributed by atoms with Gasteiger partial charge in [0.1, 0.15) is 0 Å². The molecule has 3 rings (SSSR count). The lowest BCUT2D eigenvalue weighted by atomic mass is 9.98. The van der Waals surface area contributed by atoms with Gasteiger partial charge in [0.05, 0.1) is 11.7 Å². The molecule has 8 heteroatoms. The molecule has 1 aliphatic rings. The van der Waals surface area contributed by atoms with Gasteiger partial charge in [0, 0.05) is 42.3 Å². The molecule has 1 aromatic carbocycles. The third kappa shape index (κ3) is 7.08. The van der Waals surface area contributed by atoms with Crippen molar-refractivity contribution >= 4 is 11.9 Å². The lowest BCUT2D eigenvalue weighted by Gasteiger charge is -2.28. The molecule has 1 saturated heterocycles. The van der Waals surface area contributed by atoms with Crippen LogP contribution in [0.5, 0.6) is 0 Å². The number of aromatic nitrogens is 1. The van der Waals surface area contributed by atoms with Crippen molar-refractivity contribution in [3.05, 3.63) is 95.7 Å². The van der Waals surface area contributed by atoms with Gasteiger partial charge in [-0.25, -0.2) is 4.98 Å². The molecule has 182 valence electrons. The molecule has 8 N–H and O–H groups in total. The van der Waals surface area contributed by atoms with Gasteiger partial charge in [-0.05, 0) is 55.8 Å². The van der Waals surface area contributed by atoms with Gasteiger partial charge >= 0.3 is 0 Å². The summed E-state index contributed by atoms with van der Waals surface area (Å²) in [7, 11) is 2.08. The topological polar surface area (TPSA) is 130 Å².